The summed E-state index contributed by atoms with van der Waals surface area (Å²) in [5, 5.41) is 0. The normalized spacial score (nSPS) is 35.7. The monoisotopic (exact) mass is 297 g/mol. The van der Waals surface area contributed by atoms with Crippen LogP contribution in [0.4, 0.5) is 0 Å². The van der Waals surface area contributed by atoms with Gasteiger partial charge in [0.25, 0.3) is 0 Å². The van der Waals surface area contributed by atoms with E-state index in [1.165, 1.54) is 32.1 Å². The third kappa shape index (κ3) is 3.59. The van der Waals surface area contributed by atoms with Gasteiger partial charge in [0.2, 0.25) is 0 Å². The zero-order valence-corrected chi connectivity index (χ0v) is 13.4. The van der Waals surface area contributed by atoms with E-state index in [2.05, 4.69) is 17.4 Å². The number of ether oxygens (including phenoxy) is 2. The molecule has 1 spiro atoms. The summed E-state index contributed by atoms with van der Waals surface area (Å²) in [7, 11) is 2.16. The van der Waals surface area contributed by atoms with Crippen molar-refractivity contribution < 1.29 is 9.47 Å². The van der Waals surface area contributed by atoms with E-state index in [-0.39, 0.29) is 17.7 Å². The number of nitrogens with one attached hydrogen (secondary N) is 1. The van der Waals surface area contributed by atoms with Gasteiger partial charge in [0.05, 0.1) is 24.4 Å². The average Bonchev–Trinajstić information content (AvgIpc) is 2.49. The number of hydrazine groups is 1. The van der Waals surface area contributed by atoms with Gasteiger partial charge < -0.3 is 14.4 Å². The molecule has 21 heavy (non-hydrogen) atoms. The van der Waals surface area contributed by atoms with Crippen LogP contribution in [0.3, 0.4) is 0 Å². The summed E-state index contributed by atoms with van der Waals surface area (Å²) < 4.78 is 12.2. The van der Waals surface area contributed by atoms with E-state index >= 15 is 0 Å². The molecule has 1 aliphatic carbocycles. The smallest absolute Gasteiger partial charge is 0.0871 e. The zero-order chi connectivity index (χ0) is 14.7. The predicted octanol–water partition coefficient (Wildman–Crippen LogP) is 1.28. The number of nitrogens with zero attached hydrogens (tertiary/aromatic N) is 1. The number of hydrogen-bond acceptors (Lipinski definition) is 5. The minimum atomic E-state index is 0.136. The molecule has 122 valence electrons. The molecule has 0 aromatic rings. The van der Waals surface area contributed by atoms with E-state index in [0.717, 1.165) is 39.1 Å². The van der Waals surface area contributed by atoms with Crippen molar-refractivity contribution in [1.29, 1.82) is 0 Å². The van der Waals surface area contributed by atoms with Crippen molar-refractivity contribution in [3.8, 4) is 0 Å². The topological polar surface area (TPSA) is 59.8 Å². The Kier molecular flexibility index (Phi) is 5.17. The van der Waals surface area contributed by atoms with Crippen molar-refractivity contribution in [2.24, 2.45) is 11.8 Å². The van der Waals surface area contributed by atoms with Gasteiger partial charge in [0.1, 0.15) is 0 Å². The van der Waals surface area contributed by atoms with E-state index in [4.69, 9.17) is 15.3 Å². The molecular formula is C16H31N3O2. The van der Waals surface area contributed by atoms with E-state index in [0.29, 0.717) is 5.92 Å². The second-order valence-electron chi connectivity index (χ2n) is 7.21. The van der Waals surface area contributed by atoms with E-state index in [1.54, 1.807) is 0 Å². The second-order valence-corrected chi connectivity index (χ2v) is 7.21. The largest absolute Gasteiger partial charge is 0.375 e. The highest BCUT2D eigenvalue weighted by atomic mass is 16.5. The Balaban J connectivity index is 1.65. The van der Waals surface area contributed by atoms with Gasteiger partial charge in [0.15, 0.2) is 0 Å². The molecular weight excluding hydrogens is 266 g/mol. The van der Waals surface area contributed by atoms with Crippen LogP contribution in [0.5, 0.6) is 0 Å². The molecule has 0 aromatic carbocycles. The Morgan fingerprint density at radius 3 is 2.76 bits per heavy atom. The highest BCUT2D eigenvalue weighted by molar-refractivity contribution is 4.95. The Bertz CT molecular complexity index is 328. The number of likely N-dealkylation sites (N-methyl/N-ethyl adjacent to an activating group) is 1. The first-order valence-corrected chi connectivity index (χ1v) is 8.63. The molecule has 0 amide bonds. The van der Waals surface area contributed by atoms with Crippen LogP contribution in [-0.4, -0.2) is 56.0 Å². The van der Waals surface area contributed by atoms with Crippen LogP contribution in [-0.2, 0) is 9.47 Å². The molecule has 5 nitrogen and oxygen atoms in total. The van der Waals surface area contributed by atoms with E-state index < -0.39 is 0 Å². The third-order valence-electron chi connectivity index (χ3n) is 5.69. The Hall–Kier alpha value is -0.200. The lowest BCUT2D eigenvalue weighted by Gasteiger charge is -2.47. The number of hydrogen-bond donors (Lipinski definition) is 2. The van der Waals surface area contributed by atoms with Gasteiger partial charge >= 0.3 is 0 Å². The Labute approximate surface area is 128 Å². The summed E-state index contributed by atoms with van der Waals surface area (Å²) in [5.41, 5.74) is 3.21. The van der Waals surface area contributed by atoms with Crippen molar-refractivity contribution in [3.63, 3.8) is 0 Å². The minimum Gasteiger partial charge on any atom is -0.375 e. The summed E-state index contributed by atoms with van der Waals surface area (Å²) in [4.78, 5) is 2.34. The number of morpholine rings is 1. The van der Waals surface area contributed by atoms with Crippen molar-refractivity contribution in [2.75, 3.05) is 33.4 Å². The van der Waals surface area contributed by atoms with Crippen LogP contribution in [0.1, 0.15) is 44.9 Å². The molecule has 3 atom stereocenters. The molecule has 0 radical (unpaired) electrons. The Morgan fingerprint density at radius 1 is 1.24 bits per heavy atom. The molecule has 2 heterocycles. The standard InChI is InChI=1S/C16H31N3O2/c1-19-8-10-20-14(12-19)15(18-17)13-5-9-21-16(11-13)6-3-2-4-7-16/h13-15,18H,2-12,17H2,1H3. The van der Waals surface area contributed by atoms with Crippen LogP contribution in [0.25, 0.3) is 0 Å². The molecule has 3 fully saturated rings. The molecule has 0 bridgehead atoms. The molecule has 2 saturated heterocycles. The number of rotatable bonds is 3. The summed E-state index contributed by atoms with van der Waals surface area (Å²) in [6.07, 6.45) is 8.90. The highest BCUT2D eigenvalue weighted by Crippen LogP contribution is 2.42. The van der Waals surface area contributed by atoms with Gasteiger partial charge in [0, 0.05) is 19.7 Å². The fourth-order valence-electron chi connectivity index (χ4n) is 4.49. The fraction of sp³-hybridized carbons (Fsp3) is 1.00. The van der Waals surface area contributed by atoms with Crippen molar-refractivity contribution in [1.82, 2.24) is 10.3 Å². The van der Waals surface area contributed by atoms with Crippen LogP contribution in [0.2, 0.25) is 0 Å². The van der Waals surface area contributed by atoms with Gasteiger partial charge in [-0.1, -0.05) is 19.3 Å². The molecule has 3 aliphatic rings. The van der Waals surface area contributed by atoms with Crippen molar-refractivity contribution in [3.05, 3.63) is 0 Å². The quantitative estimate of drug-likeness (QED) is 0.607. The lowest BCUT2D eigenvalue weighted by atomic mass is 9.73. The molecule has 3 unspecified atom stereocenters. The summed E-state index contributed by atoms with van der Waals surface area (Å²) >= 11 is 0. The van der Waals surface area contributed by atoms with Crippen molar-refractivity contribution in [2.45, 2.75) is 62.7 Å². The molecule has 3 rings (SSSR count). The van der Waals surface area contributed by atoms with Crippen LogP contribution < -0.4 is 11.3 Å². The van der Waals surface area contributed by atoms with Gasteiger partial charge in [-0.2, -0.15) is 0 Å². The van der Waals surface area contributed by atoms with Crippen LogP contribution in [0.15, 0.2) is 0 Å². The molecule has 1 saturated carbocycles. The Morgan fingerprint density at radius 2 is 2.05 bits per heavy atom. The van der Waals surface area contributed by atoms with Gasteiger partial charge in [-0.25, -0.2) is 0 Å². The lowest BCUT2D eigenvalue weighted by Crippen LogP contribution is -2.58. The molecule has 0 aromatic heterocycles. The van der Waals surface area contributed by atoms with E-state index in [9.17, 15) is 0 Å². The SMILES string of the molecule is CN1CCOC(C(NN)C2CCOC3(CCCCC3)C2)C1. The molecule has 3 N–H and O–H groups in total. The first-order valence-electron chi connectivity index (χ1n) is 8.63. The first kappa shape index (κ1) is 15.7. The highest BCUT2D eigenvalue weighted by Gasteiger charge is 2.43. The maximum absolute atomic E-state index is 6.22. The predicted molar refractivity (Wildman–Crippen MR) is 82.8 cm³/mol. The summed E-state index contributed by atoms with van der Waals surface area (Å²) in [5.74, 6) is 6.48. The maximum Gasteiger partial charge on any atom is 0.0871 e. The first-order chi connectivity index (χ1) is 10.2. The maximum atomic E-state index is 6.22. The zero-order valence-electron chi connectivity index (χ0n) is 13.4. The van der Waals surface area contributed by atoms with Crippen molar-refractivity contribution >= 4 is 0 Å². The van der Waals surface area contributed by atoms with E-state index in [1.807, 2.05) is 0 Å². The minimum absolute atomic E-state index is 0.136. The third-order valence-corrected chi connectivity index (χ3v) is 5.69. The average molecular weight is 297 g/mol. The van der Waals surface area contributed by atoms with Gasteiger partial charge in [-0.3, -0.25) is 11.3 Å². The van der Waals surface area contributed by atoms with Gasteiger partial charge in [-0.05, 0) is 38.6 Å². The summed E-state index contributed by atoms with van der Waals surface area (Å²) in [6.45, 7) is 3.68. The lowest BCUT2D eigenvalue weighted by molar-refractivity contribution is -0.134. The fourth-order valence-corrected chi connectivity index (χ4v) is 4.49. The van der Waals surface area contributed by atoms with Crippen LogP contribution in [0, 0.1) is 5.92 Å². The molecule has 2 aliphatic heterocycles. The number of nitrogens with two attached hydrogens (primary N) is 1. The second kappa shape index (κ2) is 6.92. The summed E-state index contributed by atoms with van der Waals surface area (Å²) in [6, 6.07) is 0.246. The molecule has 5 heteroatoms. The van der Waals surface area contributed by atoms with Crippen LogP contribution >= 0.6 is 0 Å². The van der Waals surface area contributed by atoms with Gasteiger partial charge in [-0.15, -0.1) is 0 Å².